The summed E-state index contributed by atoms with van der Waals surface area (Å²) in [6.45, 7) is 10.2. The minimum absolute atomic E-state index is 0.0605. The molecule has 0 aliphatic rings. The maximum atomic E-state index is 9.54. The molecule has 0 bridgehead atoms. The van der Waals surface area contributed by atoms with Crippen molar-refractivity contribution in [2.24, 2.45) is 0 Å². The Kier molecular flexibility index (Phi) is 2.37. The topological polar surface area (TPSA) is 38.1 Å². The van der Waals surface area contributed by atoms with Crippen LogP contribution in [0.2, 0.25) is 0 Å². The second kappa shape index (κ2) is 3.05. The van der Waals surface area contributed by atoms with Crippen molar-refractivity contribution in [3.05, 3.63) is 11.3 Å². The molecule has 0 saturated heterocycles. The first-order valence-corrected chi connectivity index (χ1v) is 4.66. The van der Waals surface area contributed by atoms with Gasteiger partial charge in [0.05, 0.1) is 5.54 Å². The predicted octanol–water partition coefficient (Wildman–Crippen LogP) is 2.21. The van der Waals surface area contributed by atoms with Crippen molar-refractivity contribution >= 4 is 0 Å². The first kappa shape index (κ1) is 10.1. The van der Waals surface area contributed by atoms with Gasteiger partial charge in [0.15, 0.2) is 0 Å². The molecule has 0 radical (unpaired) electrons. The molecule has 1 aromatic rings. The summed E-state index contributed by atoms with van der Waals surface area (Å²) in [6, 6.07) is 0. The van der Waals surface area contributed by atoms with Gasteiger partial charge in [-0.3, -0.25) is 4.68 Å². The molecule has 1 heterocycles. The van der Waals surface area contributed by atoms with Gasteiger partial charge in [0.1, 0.15) is 0 Å². The van der Waals surface area contributed by atoms with Gasteiger partial charge in [-0.1, -0.05) is 6.92 Å². The smallest absolute Gasteiger partial charge is 0.233 e. The average Bonchev–Trinajstić information content (AvgIpc) is 2.25. The van der Waals surface area contributed by atoms with Gasteiger partial charge in [-0.05, 0) is 34.1 Å². The molecule has 74 valence electrons. The Hall–Kier alpha value is -0.990. The lowest BCUT2D eigenvalue weighted by atomic mass is 10.1. The summed E-state index contributed by atoms with van der Waals surface area (Å²) < 4.78 is 1.88. The van der Waals surface area contributed by atoms with Crippen molar-refractivity contribution in [1.29, 1.82) is 0 Å². The van der Waals surface area contributed by atoms with Crippen LogP contribution in [-0.4, -0.2) is 14.9 Å². The second-order valence-electron chi connectivity index (χ2n) is 4.32. The summed E-state index contributed by atoms with van der Waals surface area (Å²) in [4.78, 5) is 0. The first-order chi connectivity index (χ1) is 5.88. The lowest BCUT2D eigenvalue weighted by Crippen LogP contribution is -2.24. The Morgan fingerprint density at radius 1 is 1.38 bits per heavy atom. The minimum Gasteiger partial charge on any atom is -0.492 e. The van der Waals surface area contributed by atoms with E-state index < -0.39 is 0 Å². The number of nitrogens with zero attached hydrogens (tertiary/aromatic N) is 2. The van der Waals surface area contributed by atoms with Crippen LogP contribution in [0, 0.1) is 6.92 Å². The molecule has 0 atom stereocenters. The highest BCUT2D eigenvalue weighted by Gasteiger charge is 2.20. The maximum absolute atomic E-state index is 9.54. The zero-order valence-electron chi connectivity index (χ0n) is 9.05. The standard InChI is InChI=1S/C10H18N2O/c1-6-8-7(2)12(10(3,4)5)11-9(8)13/h6H2,1-5H3,(H,11,13). The van der Waals surface area contributed by atoms with Gasteiger partial charge in [0.2, 0.25) is 5.88 Å². The Morgan fingerprint density at radius 3 is 2.15 bits per heavy atom. The molecule has 0 unspecified atom stereocenters. The highest BCUT2D eigenvalue weighted by Crippen LogP contribution is 2.25. The van der Waals surface area contributed by atoms with E-state index in [-0.39, 0.29) is 11.4 Å². The van der Waals surface area contributed by atoms with Crippen LogP contribution in [0.3, 0.4) is 0 Å². The van der Waals surface area contributed by atoms with Gasteiger partial charge in [0, 0.05) is 11.3 Å². The van der Waals surface area contributed by atoms with Crippen molar-refractivity contribution in [3.8, 4) is 5.88 Å². The SMILES string of the molecule is CCc1c(O)nn(C(C)(C)C)c1C. The molecule has 0 aromatic carbocycles. The molecule has 1 aromatic heterocycles. The zero-order valence-corrected chi connectivity index (χ0v) is 9.05. The van der Waals surface area contributed by atoms with E-state index in [2.05, 4.69) is 25.9 Å². The van der Waals surface area contributed by atoms with Gasteiger partial charge in [-0.15, -0.1) is 5.10 Å². The molecule has 0 amide bonds. The monoisotopic (exact) mass is 182 g/mol. The molecule has 0 aliphatic carbocycles. The van der Waals surface area contributed by atoms with Crippen LogP contribution in [0.25, 0.3) is 0 Å². The fraction of sp³-hybridized carbons (Fsp3) is 0.700. The van der Waals surface area contributed by atoms with Crippen molar-refractivity contribution in [1.82, 2.24) is 9.78 Å². The van der Waals surface area contributed by atoms with Crippen molar-refractivity contribution in [2.45, 2.75) is 46.6 Å². The van der Waals surface area contributed by atoms with Gasteiger partial charge in [-0.25, -0.2) is 0 Å². The quantitative estimate of drug-likeness (QED) is 0.723. The second-order valence-corrected chi connectivity index (χ2v) is 4.32. The number of hydrogen-bond donors (Lipinski definition) is 1. The number of rotatable bonds is 1. The number of aromatic hydroxyl groups is 1. The normalized spacial score (nSPS) is 12.1. The maximum Gasteiger partial charge on any atom is 0.233 e. The summed E-state index contributed by atoms with van der Waals surface area (Å²) in [5.41, 5.74) is 1.96. The van der Waals surface area contributed by atoms with Crippen LogP contribution in [-0.2, 0) is 12.0 Å². The van der Waals surface area contributed by atoms with E-state index in [4.69, 9.17) is 0 Å². The van der Waals surface area contributed by atoms with Crippen LogP contribution >= 0.6 is 0 Å². The molecular weight excluding hydrogens is 164 g/mol. The molecule has 1 N–H and O–H groups in total. The molecule has 0 spiro atoms. The van der Waals surface area contributed by atoms with E-state index in [1.54, 1.807) is 0 Å². The van der Waals surface area contributed by atoms with Crippen LogP contribution in [0.1, 0.15) is 39.0 Å². The largest absolute Gasteiger partial charge is 0.492 e. The van der Waals surface area contributed by atoms with Crippen LogP contribution < -0.4 is 0 Å². The molecule has 3 heteroatoms. The van der Waals surface area contributed by atoms with E-state index in [1.165, 1.54) is 0 Å². The third kappa shape index (κ3) is 1.69. The van der Waals surface area contributed by atoms with Crippen LogP contribution in [0.5, 0.6) is 5.88 Å². The Bertz CT molecular complexity index is 307. The summed E-state index contributed by atoms with van der Waals surface area (Å²) in [5, 5.41) is 13.7. The summed E-state index contributed by atoms with van der Waals surface area (Å²) in [6.07, 6.45) is 0.827. The molecule has 3 nitrogen and oxygen atoms in total. The number of hydrogen-bond acceptors (Lipinski definition) is 2. The fourth-order valence-corrected chi connectivity index (χ4v) is 1.59. The molecule has 13 heavy (non-hydrogen) atoms. The highest BCUT2D eigenvalue weighted by molar-refractivity contribution is 5.30. The molecule has 0 fully saturated rings. The predicted molar refractivity (Wildman–Crippen MR) is 53.0 cm³/mol. The Balaban J connectivity index is 3.26. The third-order valence-electron chi connectivity index (χ3n) is 2.21. The Morgan fingerprint density at radius 2 is 1.92 bits per heavy atom. The summed E-state index contributed by atoms with van der Waals surface area (Å²) in [5.74, 6) is 0.176. The minimum atomic E-state index is -0.0605. The van der Waals surface area contributed by atoms with Gasteiger partial charge >= 0.3 is 0 Å². The Labute approximate surface area is 79.4 Å². The molecular formula is C10H18N2O. The highest BCUT2D eigenvalue weighted by atomic mass is 16.3. The van der Waals surface area contributed by atoms with Crippen LogP contribution in [0.15, 0.2) is 0 Å². The van der Waals surface area contributed by atoms with E-state index in [1.807, 2.05) is 18.5 Å². The van der Waals surface area contributed by atoms with E-state index in [0.29, 0.717) is 0 Å². The zero-order chi connectivity index (χ0) is 10.2. The third-order valence-corrected chi connectivity index (χ3v) is 2.21. The van der Waals surface area contributed by atoms with Crippen molar-refractivity contribution in [2.75, 3.05) is 0 Å². The van der Waals surface area contributed by atoms with Gasteiger partial charge in [0.25, 0.3) is 0 Å². The van der Waals surface area contributed by atoms with E-state index in [0.717, 1.165) is 17.7 Å². The summed E-state index contributed by atoms with van der Waals surface area (Å²) >= 11 is 0. The fourth-order valence-electron chi connectivity index (χ4n) is 1.59. The lowest BCUT2D eigenvalue weighted by Gasteiger charge is -2.21. The van der Waals surface area contributed by atoms with Crippen molar-refractivity contribution in [3.63, 3.8) is 0 Å². The molecule has 1 rings (SSSR count). The van der Waals surface area contributed by atoms with Crippen molar-refractivity contribution < 1.29 is 5.11 Å². The van der Waals surface area contributed by atoms with Crippen LogP contribution in [0.4, 0.5) is 0 Å². The average molecular weight is 182 g/mol. The lowest BCUT2D eigenvalue weighted by molar-refractivity contribution is 0.332. The number of aromatic nitrogens is 2. The first-order valence-electron chi connectivity index (χ1n) is 4.66. The van der Waals surface area contributed by atoms with Gasteiger partial charge < -0.3 is 5.11 Å². The van der Waals surface area contributed by atoms with E-state index in [9.17, 15) is 5.11 Å². The van der Waals surface area contributed by atoms with E-state index >= 15 is 0 Å². The molecule has 0 aliphatic heterocycles. The molecule has 0 saturated carbocycles. The summed E-state index contributed by atoms with van der Waals surface area (Å²) in [7, 11) is 0. The van der Waals surface area contributed by atoms with Gasteiger partial charge in [-0.2, -0.15) is 0 Å².